The minimum Gasteiger partial charge on any atom is -0.393 e. The summed E-state index contributed by atoms with van der Waals surface area (Å²) < 4.78 is 4.44. The Balaban J connectivity index is 2.38. The molecule has 4 heteroatoms. The molecule has 1 aliphatic heterocycles. The molecule has 1 unspecified atom stereocenters. The molecule has 1 atom stereocenters. The van der Waals surface area contributed by atoms with Crippen molar-refractivity contribution in [1.29, 1.82) is 0 Å². The summed E-state index contributed by atoms with van der Waals surface area (Å²) in [7, 11) is 0. The fraction of sp³-hybridized carbons (Fsp3) is 0.182. The molecule has 1 aromatic carbocycles. The van der Waals surface area contributed by atoms with Gasteiger partial charge in [0.2, 0.25) is 0 Å². The van der Waals surface area contributed by atoms with Gasteiger partial charge in [-0.05, 0) is 31.0 Å². The Morgan fingerprint density at radius 3 is 2.60 bits per heavy atom. The number of carbonyl (C=O) groups excluding carboxylic acids is 2. The van der Waals surface area contributed by atoms with Crippen LogP contribution in [0.2, 0.25) is 0 Å². The molecule has 0 amide bonds. The third-order valence-corrected chi connectivity index (χ3v) is 2.18. The third kappa shape index (κ3) is 1.76. The molecular formula is C11H9O4. The van der Waals surface area contributed by atoms with Crippen LogP contribution in [-0.2, 0) is 11.2 Å². The Labute approximate surface area is 86.5 Å². The summed E-state index contributed by atoms with van der Waals surface area (Å²) in [5.74, 6) is -1.24. The zero-order valence-corrected chi connectivity index (χ0v) is 7.90. The second-order valence-electron chi connectivity index (χ2n) is 3.41. The summed E-state index contributed by atoms with van der Waals surface area (Å²) in [4.78, 5) is 22.3. The number of hydrogen-bond acceptors (Lipinski definition) is 4. The van der Waals surface area contributed by atoms with E-state index in [0.717, 1.165) is 5.56 Å². The van der Waals surface area contributed by atoms with Gasteiger partial charge in [-0.1, -0.05) is 6.07 Å². The highest BCUT2D eigenvalue weighted by Crippen LogP contribution is 2.21. The minimum absolute atomic E-state index is 0.262. The van der Waals surface area contributed by atoms with E-state index in [4.69, 9.17) is 5.11 Å². The molecule has 15 heavy (non-hydrogen) atoms. The number of carbonyl (C=O) groups is 2. The van der Waals surface area contributed by atoms with E-state index in [0.29, 0.717) is 6.42 Å². The predicted octanol–water partition coefficient (Wildman–Crippen LogP) is 0.735. The fourth-order valence-electron chi connectivity index (χ4n) is 1.53. The van der Waals surface area contributed by atoms with Crippen molar-refractivity contribution >= 4 is 11.9 Å². The topological polar surface area (TPSA) is 63.6 Å². The van der Waals surface area contributed by atoms with E-state index in [9.17, 15) is 9.59 Å². The van der Waals surface area contributed by atoms with Gasteiger partial charge in [0.1, 0.15) is 0 Å². The standard InChI is InChI=1S/C11H9O4/c1-6(12)4-7-2-3-8-9(5-7)11(14)15-10(8)13/h2-3,5-6,12H,1,4H2. The van der Waals surface area contributed by atoms with Crippen molar-refractivity contribution in [3.8, 4) is 0 Å². The SMILES string of the molecule is [CH2]C(O)Cc1ccc2c(c1)C(=O)OC2=O. The van der Waals surface area contributed by atoms with E-state index in [2.05, 4.69) is 11.7 Å². The molecular weight excluding hydrogens is 196 g/mol. The van der Waals surface area contributed by atoms with Crippen LogP contribution < -0.4 is 0 Å². The van der Waals surface area contributed by atoms with E-state index in [1.807, 2.05) is 0 Å². The van der Waals surface area contributed by atoms with Gasteiger partial charge in [0, 0.05) is 0 Å². The third-order valence-electron chi connectivity index (χ3n) is 2.18. The van der Waals surface area contributed by atoms with Crippen molar-refractivity contribution in [3.05, 3.63) is 41.8 Å². The first-order valence-corrected chi connectivity index (χ1v) is 4.48. The molecule has 2 rings (SSSR count). The van der Waals surface area contributed by atoms with Crippen LogP contribution in [-0.4, -0.2) is 23.1 Å². The molecule has 0 saturated heterocycles. The zero-order chi connectivity index (χ0) is 11.0. The maximum atomic E-state index is 11.2. The van der Waals surface area contributed by atoms with Crippen molar-refractivity contribution in [1.82, 2.24) is 0 Å². The van der Waals surface area contributed by atoms with Crippen LogP contribution in [0.4, 0.5) is 0 Å². The van der Waals surface area contributed by atoms with Crippen LogP contribution in [0.15, 0.2) is 18.2 Å². The Kier molecular flexibility index (Phi) is 2.28. The van der Waals surface area contributed by atoms with Crippen molar-refractivity contribution in [2.75, 3.05) is 0 Å². The van der Waals surface area contributed by atoms with Crippen LogP contribution in [0.25, 0.3) is 0 Å². The number of rotatable bonds is 2. The monoisotopic (exact) mass is 205 g/mol. The van der Waals surface area contributed by atoms with Gasteiger partial charge in [-0.25, -0.2) is 9.59 Å². The van der Waals surface area contributed by atoms with Gasteiger partial charge in [0.25, 0.3) is 0 Å². The molecule has 0 bridgehead atoms. The summed E-state index contributed by atoms with van der Waals surface area (Å²) in [5.41, 5.74) is 1.29. The summed E-state index contributed by atoms with van der Waals surface area (Å²) in [6.07, 6.45) is -0.384. The van der Waals surface area contributed by atoms with Crippen LogP contribution in [0.3, 0.4) is 0 Å². The average Bonchev–Trinajstić information content (AvgIpc) is 2.41. The summed E-state index contributed by atoms with van der Waals surface area (Å²) in [5, 5.41) is 9.08. The number of esters is 2. The Bertz CT molecular complexity index is 434. The van der Waals surface area contributed by atoms with E-state index in [-0.39, 0.29) is 11.1 Å². The van der Waals surface area contributed by atoms with Crippen molar-refractivity contribution in [2.24, 2.45) is 0 Å². The lowest BCUT2D eigenvalue weighted by atomic mass is 10.0. The second-order valence-corrected chi connectivity index (χ2v) is 3.41. The Hall–Kier alpha value is -1.68. The normalized spacial score (nSPS) is 16.1. The number of aliphatic hydroxyl groups is 1. The van der Waals surface area contributed by atoms with Gasteiger partial charge in [-0.2, -0.15) is 0 Å². The lowest BCUT2D eigenvalue weighted by molar-refractivity contribution is 0.0443. The lowest BCUT2D eigenvalue weighted by Crippen LogP contribution is -2.05. The molecule has 1 heterocycles. The average molecular weight is 205 g/mol. The molecule has 0 aromatic heterocycles. The van der Waals surface area contributed by atoms with Crippen LogP contribution in [0, 0.1) is 6.92 Å². The maximum absolute atomic E-state index is 11.2. The first kappa shape index (κ1) is 9.86. The highest BCUT2D eigenvalue weighted by Gasteiger charge is 2.29. The first-order chi connectivity index (χ1) is 7.08. The second kappa shape index (κ2) is 3.47. The number of aliphatic hydroxyl groups excluding tert-OH is 1. The smallest absolute Gasteiger partial charge is 0.346 e. The lowest BCUT2D eigenvalue weighted by Gasteiger charge is -2.04. The maximum Gasteiger partial charge on any atom is 0.346 e. The quantitative estimate of drug-likeness (QED) is 0.571. The number of cyclic esters (lactones) is 2. The van der Waals surface area contributed by atoms with E-state index in [1.165, 1.54) is 6.07 Å². The number of fused-ring (bicyclic) bond motifs is 1. The van der Waals surface area contributed by atoms with Gasteiger partial charge >= 0.3 is 11.9 Å². The largest absolute Gasteiger partial charge is 0.393 e. The number of hydrogen-bond donors (Lipinski definition) is 1. The molecule has 77 valence electrons. The Morgan fingerprint density at radius 2 is 1.93 bits per heavy atom. The zero-order valence-electron chi connectivity index (χ0n) is 7.90. The molecule has 0 saturated carbocycles. The van der Waals surface area contributed by atoms with Gasteiger partial charge in [-0.15, -0.1) is 0 Å². The van der Waals surface area contributed by atoms with Crippen LogP contribution in [0.5, 0.6) is 0 Å². The van der Waals surface area contributed by atoms with Gasteiger partial charge in [-0.3, -0.25) is 0 Å². The molecule has 1 radical (unpaired) electrons. The molecule has 1 aromatic rings. The van der Waals surface area contributed by atoms with Crippen molar-refractivity contribution < 1.29 is 19.4 Å². The van der Waals surface area contributed by atoms with E-state index < -0.39 is 18.0 Å². The fourth-order valence-corrected chi connectivity index (χ4v) is 1.53. The molecule has 1 aliphatic rings. The van der Waals surface area contributed by atoms with Crippen molar-refractivity contribution in [2.45, 2.75) is 12.5 Å². The highest BCUT2D eigenvalue weighted by molar-refractivity contribution is 6.14. The molecule has 0 fully saturated rings. The highest BCUT2D eigenvalue weighted by atomic mass is 16.6. The Morgan fingerprint density at radius 1 is 1.27 bits per heavy atom. The number of ether oxygens (including phenoxy) is 1. The van der Waals surface area contributed by atoms with Crippen LogP contribution >= 0.6 is 0 Å². The van der Waals surface area contributed by atoms with Crippen molar-refractivity contribution in [3.63, 3.8) is 0 Å². The summed E-state index contributed by atoms with van der Waals surface area (Å²) in [6.45, 7) is 3.43. The summed E-state index contributed by atoms with van der Waals surface area (Å²) in [6, 6.07) is 4.75. The van der Waals surface area contributed by atoms with Gasteiger partial charge in [0.05, 0.1) is 17.2 Å². The van der Waals surface area contributed by atoms with E-state index in [1.54, 1.807) is 12.1 Å². The number of benzene rings is 1. The van der Waals surface area contributed by atoms with Crippen LogP contribution in [0.1, 0.15) is 26.3 Å². The van der Waals surface area contributed by atoms with E-state index >= 15 is 0 Å². The summed E-state index contributed by atoms with van der Waals surface area (Å²) >= 11 is 0. The predicted molar refractivity (Wildman–Crippen MR) is 51.3 cm³/mol. The molecule has 4 nitrogen and oxygen atoms in total. The first-order valence-electron chi connectivity index (χ1n) is 4.48. The van der Waals surface area contributed by atoms with Gasteiger partial charge < -0.3 is 9.84 Å². The molecule has 0 aliphatic carbocycles. The molecule has 0 spiro atoms. The minimum atomic E-state index is -0.726. The van der Waals surface area contributed by atoms with Gasteiger partial charge in [0.15, 0.2) is 0 Å². The molecule has 1 N–H and O–H groups in total.